The van der Waals surface area contributed by atoms with Crippen molar-refractivity contribution in [3.05, 3.63) is 28.7 Å². The van der Waals surface area contributed by atoms with E-state index in [0.29, 0.717) is 17.4 Å². The fourth-order valence-corrected chi connectivity index (χ4v) is 4.64. The number of piperidine rings is 1. The Morgan fingerprint density at radius 2 is 2.15 bits per heavy atom. The molecule has 0 unspecified atom stereocenters. The van der Waals surface area contributed by atoms with Gasteiger partial charge >= 0.3 is 0 Å². The summed E-state index contributed by atoms with van der Waals surface area (Å²) < 4.78 is 27.4. The molecule has 0 spiro atoms. The number of carbonyl (C=O) groups excluding carboxylic acids is 1. The van der Waals surface area contributed by atoms with Gasteiger partial charge in [-0.2, -0.15) is 4.31 Å². The number of hydrogen-bond acceptors (Lipinski definition) is 3. The van der Waals surface area contributed by atoms with Gasteiger partial charge in [0.25, 0.3) is 0 Å². The molecule has 1 aliphatic rings. The molecule has 1 amide bonds. The van der Waals surface area contributed by atoms with Gasteiger partial charge in [0.2, 0.25) is 15.9 Å². The first-order valence-electron chi connectivity index (χ1n) is 6.46. The van der Waals surface area contributed by atoms with Crippen LogP contribution in [0.15, 0.2) is 33.6 Å². The quantitative estimate of drug-likeness (QED) is 0.892. The third-order valence-corrected chi connectivity index (χ3v) is 5.80. The number of carbonyl (C=O) groups is 1. The number of benzene rings is 1. The zero-order valence-electron chi connectivity index (χ0n) is 11.2. The topological polar surface area (TPSA) is 66.5 Å². The highest BCUT2D eigenvalue weighted by atomic mass is 79.9. The van der Waals surface area contributed by atoms with Gasteiger partial charge in [0.1, 0.15) is 6.04 Å². The highest BCUT2D eigenvalue weighted by Gasteiger charge is 2.37. The van der Waals surface area contributed by atoms with Gasteiger partial charge in [-0.3, -0.25) is 4.79 Å². The molecule has 1 atom stereocenters. The molecule has 0 bridgehead atoms. The largest absolute Gasteiger partial charge is 0.358 e. The van der Waals surface area contributed by atoms with Crippen molar-refractivity contribution in [3.8, 4) is 0 Å². The van der Waals surface area contributed by atoms with Crippen molar-refractivity contribution in [3.63, 3.8) is 0 Å². The highest BCUT2D eigenvalue weighted by Crippen LogP contribution is 2.26. The Hall–Kier alpha value is -0.920. The Labute approximate surface area is 127 Å². The molecule has 1 heterocycles. The molecule has 110 valence electrons. The molecule has 1 aromatic rings. The molecule has 0 saturated carbocycles. The molecule has 7 heteroatoms. The van der Waals surface area contributed by atoms with Crippen molar-refractivity contribution in [2.45, 2.75) is 30.2 Å². The summed E-state index contributed by atoms with van der Waals surface area (Å²) in [6.45, 7) is 0.382. The molecule has 1 aromatic carbocycles. The molecule has 1 N–H and O–H groups in total. The molecule has 1 aliphatic heterocycles. The maximum absolute atomic E-state index is 12.7. The van der Waals surface area contributed by atoms with E-state index in [1.54, 1.807) is 24.3 Å². The highest BCUT2D eigenvalue weighted by molar-refractivity contribution is 9.10. The number of likely N-dealkylation sites (N-methyl/N-ethyl adjacent to an activating group) is 1. The summed E-state index contributed by atoms with van der Waals surface area (Å²) >= 11 is 3.27. The number of hydrogen-bond donors (Lipinski definition) is 1. The summed E-state index contributed by atoms with van der Waals surface area (Å²) in [5, 5.41) is 2.55. The van der Waals surface area contributed by atoms with Gasteiger partial charge < -0.3 is 5.32 Å². The van der Waals surface area contributed by atoms with Gasteiger partial charge in [0, 0.05) is 18.1 Å². The fourth-order valence-electron chi connectivity index (χ4n) is 2.38. The second-order valence-corrected chi connectivity index (χ2v) is 7.51. The fraction of sp³-hybridized carbons (Fsp3) is 0.462. The van der Waals surface area contributed by atoms with Gasteiger partial charge in [-0.1, -0.05) is 28.4 Å². The number of halogens is 1. The monoisotopic (exact) mass is 360 g/mol. The first-order valence-corrected chi connectivity index (χ1v) is 8.69. The Bertz CT molecular complexity index is 603. The van der Waals surface area contributed by atoms with Crippen LogP contribution < -0.4 is 5.32 Å². The number of nitrogens with zero attached hydrogens (tertiary/aromatic N) is 1. The molecular formula is C13H17BrN2O3S. The standard InChI is InChI=1S/C13H17BrN2O3S/c1-15-13(17)12-7-2-3-8-16(12)20(18,19)11-6-4-5-10(14)9-11/h4-6,9,12H,2-3,7-8H2,1H3,(H,15,17)/t12-/m1/s1. The van der Waals surface area contributed by atoms with Crippen LogP contribution >= 0.6 is 15.9 Å². The van der Waals surface area contributed by atoms with E-state index in [1.807, 2.05) is 0 Å². The van der Waals surface area contributed by atoms with Crippen LogP contribution in [0, 0.1) is 0 Å². The molecule has 20 heavy (non-hydrogen) atoms. The minimum atomic E-state index is -3.65. The molecular weight excluding hydrogens is 344 g/mol. The van der Waals surface area contributed by atoms with Crippen molar-refractivity contribution in [2.24, 2.45) is 0 Å². The van der Waals surface area contributed by atoms with Crippen molar-refractivity contribution in [1.29, 1.82) is 0 Å². The van der Waals surface area contributed by atoms with E-state index in [1.165, 1.54) is 11.4 Å². The van der Waals surface area contributed by atoms with Gasteiger partial charge in [0.05, 0.1) is 4.90 Å². The zero-order chi connectivity index (χ0) is 14.8. The summed E-state index contributed by atoms with van der Waals surface area (Å²) in [5.41, 5.74) is 0. The summed E-state index contributed by atoms with van der Waals surface area (Å²) in [6.07, 6.45) is 2.20. The van der Waals surface area contributed by atoms with E-state index < -0.39 is 16.1 Å². The summed E-state index contributed by atoms with van der Waals surface area (Å²) in [4.78, 5) is 12.1. The minimum Gasteiger partial charge on any atom is -0.358 e. The Kier molecular flexibility index (Phi) is 4.82. The van der Waals surface area contributed by atoms with Crippen molar-refractivity contribution in [1.82, 2.24) is 9.62 Å². The first-order chi connectivity index (χ1) is 9.46. The molecule has 1 saturated heterocycles. The van der Waals surface area contributed by atoms with Crippen LogP contribution in [0.1, 0.15) is 19.3 Å². The van der Waals surface area contributed by atoms with Crippen LogP contribution in [0.3, 0.4) is 0 Å². The van der Waals surface area contributed by atoms with E-state index in [-0.39, 0.29) is 10.8 Å². The molecule has 1 fully saturated rings. The van der Waals surface area contributed by atoms with Crippen LogP contribution in [0.4, 0.5) is 0 Å². The van der Waals surface area contributed by atoms with E-state index in [9.17, 15) is 13.2 Å². The number of rotatable bonds is 3. The molecule has 0 aliphatic carbocycles. The Morgan fingerprint density at radius 3 is 2.80 bits per heavy atom. The number of sulfonamides is 1. The summed E-state index contributed by atoms with van der Waals surface area (Å²) in [5.74, 6) is -0.247. The van der Waals surface area contributed by atoms with E-state index in [4.69, 9.17) is 0 Å². The molecule has 0 aromatic heterocycles. The number of amides is 1. The Morgan fingerprint density at radius 1 is 1.40 bits per heavy atom. The second kappa shape index (κ2) is 6.24. The van der Waals surface area contributed by atoms with E-state index in [0.717, 1.165) is 12.8 Å². The summed E-state index contributed by atoms with van der Waals surface area (Å²) in [6, 6.07) is 5.94. The lowest BCUT2D eigenvalue weighted by Crippen LogP contribution is -2.51. The zero-order valence-corrected chi connectivity index (χ0v) is 13.6. The second-order valence-electron chi connectivity index (χ2n) is 4.70. The van der Waals surface area contributed by atoms with Crippen molar-refractivity contribution >= 4 is 31.9 Å². The summed E-state index contributed by atoms with van der Waals surface area (Å²) in [7, 11) is -2.12. The third kappa shape index (κ3) is 3.05. The average molecular weight is 361 g/mol. The lowest BCUT2D eigenvalue weighted by atomic mass is 10.0. The Balaban J connectivity index is 2.38. The predicted octanol–water partition coefficient (Wildman–Crippen LogP) is 1.74. The maximum Gasteiger partial charge on any atom is 0.243 e. The smallest absolute Gasteiger partial charge is 0.243 e. The minimum absolute atomic E-state index is 0.211. The number of nitrogens with one attached hydrogen (secondary N) is 1. The first kappa shape index (κ1) is 15.5. The van der Waals surface area contributed by atoms with E-state index >= 15 is 0 Å². The van der Waals surface area contributed by atoms with Crippen LogP contribution in [0.2, 0.25) is 0 Å². The lowest BCUT2D eigenvalue weighted by molar-refractivity contribution is -0.125. The predicted molar refractivity (Wildman–Crippen MR) is 79.7 cm³/mol. The van der Waals surface area contributed by atoms with Crippen LogP contribution in [0.5, 0.6) is 0 Å². The third-order valence-electron chi connectivity index (χ3n) is 3.41. The van der Waals surface area contributed by atoms with Crippen LogP contribution in [-0.2, 0) is 14.8 Å². The van der Waals surface area contributed by atoms with Gasteiger partial charge in [-0.25, -0.2) is 8.42 Å². The molecule has 5 nitrogen and oxygen atoms in total. The van der Waals surface area contributed by atoms with E-state index in [2.05, 4.69) is 21.2 Å². The van der Waals surface area contributed by atoms with Crippen LogP contribution in [0.25, 0.3) is 0 Å². The average Bonchev–Trinajstić information content (AvgIpc) is 2.46. The van der Waals surface area contributed by atoms with Gasteiger partial charge in [-0.15, -0.1) is 0 Å². The lowest BCUT2D eigenvalue weighted by Gasteiger charge is -2.33. The van der Waals surface area contributed by atoms with Gasteiger partial charge in [-0.05, 0) is 31.0 Å². The van der Waals surface area contributed by atoms with Crippen molar-refractivity contribution < 1.29 is 13.2 Å². The molecule has 0 radical (unpaired) electrons. The van der Waals surface area contributed by atoms with Gasteiger partial charge in [0.15, 0.2) is 0 Å². The van der Waals surface area contributed by atoms with Crippen LogP contribution in [-0.4, -0.2) is 38.3 Å². The maximum atomic E-state index is 12.7. The molecule has 2 rings (SSSR count). The normalized spacial score (nSPS) is 20.6. The SMILES string of the molecule is CNC(=O)[C@H]1CCCCN1S(=O)(=O)c1cccc(Br)c1. The van der Waals surface area contributed by atoms with Crippen molar-refractivity contribution in [2.75, 3.05) is 13.6 Å².